The molecule has 2 aromatic carbocycles. The maximum Gasteiger partial charge on any atom is 0.427 e. The summed E-state index contributed by atoms with van der Waals surface area (Å²) in [6.45, 7) is 0.100. The van der Waals surface area contributed by atoms with E-state index in [1.165, 1.54) is 23.1 Å². The summed E-state index contributed by atoms with van der Waals surface area (Å²) in [6.07, 6.45) is -3.21. The summed E-state index contributed by atoms with van der Waals surface area (Å²) in [6, 6.07) is 10.6. The van der Waals surface area contributed by atoms with Gasteiger partial charge in [-0.15, -0.1) is 0 Å². The molecule has 8 heteroatoms. The van der Waals surface area contributed by atoms with Gasteiger partial charge in [0.2, 0.25) is 5.54 Å². The predicted molar refractivity (Wildman–Crippen MR) is 110 cm³/mol. The van der Waals surface area contributed by atoms with Gasteiger partial charge in [0.25, 0.3) is 0 Å². The summed E-state index contributed by atoms with van der Waals surface area (Å²) in [5.74, 6) is 5.68. The first-order valence-corrected chi connectivity index (χ1v) is 10.1. The Morgan fingerprint density at radius 2 is 1.93 bits per heavy atom. The lowest BCUT2D eigenvalue weighted by Crippen LogP contribution is -2.62. The highest BCUT2D eigenvalue weighted by molar-refractivity contribution is 9.10. The summed E-state index contributed by atoms with van der Waals surface area (Å²) in [5, 5.41) is 2.17. The van der Waals surface area contributed by atoms with E-state index in [1.54, 1.807) is 31.4 Å². The highest BCUT2D eigenvalue weighted by Gasteiger charge is 2.60. The SMILES string of the molecule is COc1ccc(CN2C(=O)N[C@@](C#CC3CC3)(C(F)(F)F)c3ccc(Br)cc32)cc1. The summed E-state index contributed by atoms with van der Waals surface area (Å²) >= 11 is 3.31. The lowest BCUT2D eigenvalue weighted by Gasteiger charge is -2.41. The number of carbonyl (C=O) groups excluding carboxylic acids is 1. The van der Waals surface area contributed by atoms with Crippen LogP contribution >= 0.6 is 15.9 Å². The average molecular weight is 479 g/mol. The maximum absolute atomic E-state index is 14.3. The Morgan fingerprint density at radius 1 is 1.23 bits per heavy atom. The number of rotatable bonds is 3. The van der Waals surface area contributed by atoms with E-state index in [-0.39, 0.29) is 23.7 Å². The Kier molecular flexibility index (Phi) is 5.18. The van der Waals surface area contributed by atoms with Crippen molar-refractivity contribution in [2.24, 2.45) is 5.92 Å². The van der Waals surface area contributed by atoms with Gasteiger partial charge in [-0.2, -0.15) is 13.2 Å². The zero-order valence-electron chi connectivity index (χ0n) is 16.0. The molecule has 4 nitrogen and oxygen atoms in total. The summed E-state index contributed by atoms with van der Waals surface area (Å²) < 4.78 is 48.6. The molecule has 1 aliphatic carbocycles. The molecule has 1 saturated carbocycles. The van der Waals surface area contributed by atoms with E-state index < -0.39 is 17.7 Å². The molecule has 0 spiro atoms. The molecule has 1 fully saturated rings. The van der Waals surface area contributed by atoms with Crippen molar-refractivity contribution in [1.82, 2.24) is 5.32 Å². The molecule has 0 radical (unpaired) electrons. The van der Waals surface area contributed by atoms with Crippen molar-refractivity contribution < 1.29 is 22.7 Å². The molecule has 2 amide bonds. The van der Waals surface area contributed by atoms with Crippen LogP contribution in [0.3, 0.4) is 0 Å². The minimum absolute atomic E-state index is 0.0441. The first-order valence-electron chi connectivity index (χ1n) is 9.35. The van der Waals surface area contributed by atoms with Crippen LogP contribution in [0.1, 0.15) is 24.0 Å². The molecular formula is C22H18BrF3N2O2. The molecule has 1 N–H and O–H groups in total. The van der Waals surface area contributed by atoms with Crippen molar-refractivity contribution in [2.75, 3.05) is 12.0 Å². The van der Waals surface area contributed by atoms with E-state index in [0.717, 1.165) is 18.4 Å². The summed E-state index contributed by atoms with van der Waals surface area (Å²) in [5.41, 5.74) is -1.90. The van der Waals surface area contributed by atoms with Gasteiger partial charge in [0.05, 0.1) is 19.3 Å². The van der Waals surface area contributed by atoms with Gasteiger partial charge in [0, 0.05) is 16.0 Å². The zero-order chi connectivity index (χ0) is 21.5. The van der Waals surface area contributed by atoms with Crippen LogP contribution in [0.15, 0.2) is 46.9 Å². The van der Waals surface area contributed by atoms with Crippen LogP contribution in [0, 0.1) is 17.8 Å². The number of carbonyl (C=O) groups is 1. The Labute approximate surface area is 180 Å². The van der Waals surface area contributed by atoms with Gasteiger partial charge in [0.1, 0.15) is 5.75 Å². The third kappa shape index (κ3) is 3.74. The fourth-order valence-electron chi connectivity index (χ4n) is 3.35. The summed E-state index contributed by atoms with van der Waals surface area (Å²) in [4.78, 5) is 14.2. The minimum Gasteiger partial charge on any atom is -0.497 e. The molecule has 1 aliphatic heterocycles. The zero-order valence-corrected chi connectivity index (χ0v) is 17.6. The van der Waals surface area contributed by atoms with Crippen LogP contribution < -0.4 is 15.0 Å². The first kappa shape index (κ1) is 20.6. The van der Waals surface area contributed by atoms with Gasteiger partial charge >= 0.3 is 12.2 Å². The number of amides is 2. The Morgan fingerprint density at radius 3 is 2.53 bits per heavy atom. The Hall–Kier alpha value is -2.66. The highest BCUT2D eigenvalue weighted by atomic mass is 79.9. The van der Waals surface area contributed by atoms with Crippen LogP contribution in [0.4, 0.5) is 23.7 Å². The molecule has 2 aliphatic rings. The number of anilines is 1. The number of alkyl halides is 3. The van der Waals surface area contributed by atoms with Crippen LogP contribution in [0.25, 0.3) is 0 Å². The largest absolute Gasteiger partial charge is 0.497 e. The van der Waals surface area contributed by atoms with Gasteiger partial charge in [-0.05, 0) is 42.7 Å². The van der Waals surface area contributed by atoms with Crippen molar-refractivity contribution in [2.45, 2.75) is 31.1 Å². The number of ether oxygens (including phenoxy) is 1. The molecule has 0 aromatic heterocycles. The van der Waals surface area contributed by atoms with Gasteiger partial charge in [-0.25, -0.2) is 4.79 Å². The van der Waals surface area contributed by atoms with Gasteiger partial charge < -0.3 is 10.1 Å². The number of urea groups is 1. The van der Waals surface area contributed by atoms with Crippen LogP contribution in [-0.2, 0) is 12.1 Å². The van der Waals surface area contributed by atoms with E-state index in [0.29, 0.717) is 10.2 Å². The highest BCUT2D eigenvalue weighted by Crippen LogP contribution is 2.47. The predicted octanol–water partition coefficient (Wildman–Crippen LogP) is 5.36. The van der Waals surface area contributed by atoms with E-state index in [1.807, 2.05) is 0 Å². The first-order chi connectivity index (χ1) is 14.2. The number of nitrogens with one attached hydrogen (secondary N) is 1. The summed E-state index contributed by atoms with van der Waals surface area (Å²) in [7, 11) is 1.54. The quantitative estimate of drug-likeness (QED) is 0.603. The number of hydrogen-bond donors (Lipinski definition) is 1. The minimum atomic E-state index is -4.78. The number of benzene rings is 2. The van der Waals surface area contributed by atoms with E-state index in [4.69, 9.17) is 4.74 Å². The van der Waals surface area contributed by atoms with Crippen molar-refractivity contribution in [3.05, 3.63) is 58.1 Å². The monoisotopic (exact) mass is 478 g/mol. The normalized spacial score (nSPS) is 20.7. The molecule has 2 aromatic rings. The van der Waals surface area contributed by atoms with Crippen molar-refractivity contribution >= 4 is 27.6 Å². The van der Waals surface area contributed by atoms with Crippen LogP contribution in [0.5, 0.6) is 5.75 Å². The third-order valence-corrected chi connectivity index (χ3v) is 5.65. The average Bonchev–Trinajstić information content (AvgIpc) is 3.53. The van der Waals surface area contributed by atoms with E-state index in [9.17, 15) is 18.0 Å². The topological polar surface area (TPSA) is 41.6 Å². The van der Waals surface area contributed by atoms with Crippen molar-refractivity contribution in [3.63, 3.8) is 0 Å². The van der Waals surface area contributed by atoms with Crippen molar-refractivity contribution in [1.29, 1.82) is 0 Å². The van der Waals surface area contributed by atoms with Crippen molar-refractivity contribution in [3.8, 4) is 17.6 Å². The lowest BCUT2D eigenvalue weighted by molar-refractivity contribution is -0.179. The van der Waals surface area contributed by atoms with Gasteiger partial charge in [0.15, 0.2) is 0 Å². The molecule has 1 atom stereocenters. The standard InChI is InChI=1S/C22H18BrF3N2O2/c1-30-17-7-4-15(5-8-17)13-28-19-12-16(23)6-9-18(19)21(22(24,25)26,27-20(28)29)11-10-14-2-3-14/h4-9,12,14H,2-3,13H2,1H3,(H,27,29)/t21-/m1/s1. The fraction of sp³-hybridized carbons (Fsp3) is 0.318. The van der Waals surface area contributed by atoms with Crippen LogP contribution in [-0.4, -0.2) is 19.3 Å². The Balaban J connectivity index is 1.80. The van der Waals surface area contributed by atoms with Gasteiger partial charge in [-0.1, -0.05) is 46.0 Å². The van der Waals surface area contributed by atoms with Gasteiger partial charge in [-0.3, -0.25) is 4.90 Å². The molecule has 0 unspecified atom stereocenters. The fourth-order valence-corrected chi connectivity index (χ4v) is 3.70. The molecule has 4 rings (SSSR count). The van der Waals surface area contributed by atoms with E-state index >= 15 is 0 Å². The lowest BCUT2D eigenvalue weighted by atomic mass is 9.85. The second-order valence-electron chi connectivity index (χ2n) is 7.32. The second-order valence-corrected chi connectivity index (χ2v) is 8.23. The number of hydrogen-bond acceptors (Lipinski definition) is 2. The molecular weight excluding hydrogens is 461 g/mol. The van der Waals surface area contributed by atoms with E-state index in [2.05, 4.69) is 33.1 Å². The maximum atomic E-state index is 14.3. The smallest absolute Gasteiger partial charge is 0.427 e. The molecule has 0 bridgehead atoms. The van der Waals surface area contributed by atoms with Crippen LogP contribution in [0.2, 0.25) is 0 Å². The number of nitrogens with zero attached hydrogens (tertiary/aromatic N) is 1. The third-order valence-electron chi connectivity index (χ3n) is 5.16. The molecule has 30 heavy (non-hydrogen) atoms. The molecule has 0 saturated heterocycles. The molecule has 1 heterocycles. The number of fused-ring (bicyclic) bond motifs is 1. The number of methoxy groups -OCH3 is 1. The molecule has 156 valence electrons. The number of halogens is 4. The Bertz CT molecular complexity index is 1040. The second kappa shape index (κ2) is 7.55.